The number of hydrogen-bond acceptors (Lipinski definition) is 2. The van der Waals surface area contributed by atoms with Crippen LogP contribution in [0, 0.1) is 5.82 Å². The average Bonchev–Trinajstić information content (AvgIpc) is 2.29. The third-order valence-corrected chi connectivity index (χ3v) is 2.73. The van der Waals surface area contributed by atoms with E-state index in [1.54, 1.807) is 6.07 Å². The summed E-state index contributed by atoms with van der Waals surface area (Å²) in [5, 5.41) is 6.70. The van der Waals surface area contributed by atoms with Crippen molar-refractivity contribution in [2.24, 2.45) is 0 Å². The van der Waals surface area contributed by atoms with Crippen molar-refractivity contribution < 1.29 is 4.39 Å². The molecule has 0 bridgehead atoms. The molecule has 0 atom stereocenters. The van der Waals surface area contributed by atoms with Crippen LogP contribution in [0.3, 0.4) is 0 Å². The van der Waals surface area contributed by atoms with E-state index in [0.717, 1.165) is 31.6 Å². The molecule has 2 N–H and O–H groups in total. The van der Waals surface area contributed by atoms with Crippen LogP contribution >= 0.6 is 11.6 Å². The molecule has 0 fully saturated rings. The van der Waals surface area contributed by atoms with Crippen LogP contribution in [0.2, 0.25) is 5.02 Å². The van der Waals surface area contributed by atoms with E-state index in [-0.39, 0.29) is 10.8 Å². The average molecular weight is 245 g/mol. The highest BCUT2D eigenvalue weighted by atomic mass is 35.5. The Morgan fingerprint density at radius 2 is 2.00 bits per heavy atom. The molecule has 0 saturated carbocycles. The Morgan fingerprint density at radius 3 is 2.75 bits per heavy atom. The zero-order chi connectivity index (χ0) is 11.8. The second-order valence-corrected chi connectivity index (χ2v) is 3.97. The highest BCUT2D eigenvalue weighted by Gasteiger charge is 2.04. The standard InChI is InChI=1S/C12H18ClFN2/c1-2-15-7-4-8-16-9-10-5-3-6-11(14)12(10)13/h3,5-6,15-16H,2,4,7-9H2,1H3. The fourth-order valence-electron chi connectivity index (χ4n) is 1.42. The first-order chi connectivity index (χ1) is 7.75. The SMILES string of the molecule is CCNCCCNCc1cccc(F)c1Cl. The van der Waals surface area contributed by atoms with Gasteiger partial charge in [-0.1, -0.05) is 30.7 Å². The highest BCUT2D eigenvalue weighted by Crippen LogP contribution is 2.19. The number of hydrogen-bond donors (Lipinski definition) is 2. The molecule has 1 rings (SSSR count). The molecule has 0 amide bonds. The van der Waals surface area contributed by atoms with Gasteiger partial charge in [-0.25, -0.2) is 4.39 Å². The third kappa shape index (κ3) is 4.47. The van der Waals surface area contributed by atoms with Gasteiger partial charge in [0.2, 0.25) is 0 Å². The summed E-state index contributed by atoms with van der Waals surface area (Å²) >= 11 is 5.83. The Hall–Kier alpha value is -0.640. The molecule has 1 aromatic rings. The van der Waals surface area contributed by atoms with E-state index in [4.69, 9.17) is 11.6 Å². The van der Waals surface area contributed by atoms with E-state index in [9.17, 15) is 4.39 Å². The molecule has 1 aromatic carbocycles. The Labute approximate surface area is 101 Å². The first-order valence-electron chi connectivity index (χ1n) is 5.60. The van der Waals surface area contributed by atoms with Crippen LogP contribution in [0.5, 0.6) is 0 Å². The van der Waals surface area contributed by atoms with Gasteiger partial charge in [0.1, 0.15) is 5.82 Å². The largest absolute Gasteiger partial charge is 0.317 e. The summed E-state index contributed by atoms with van der Waals surface area (Å²) in [6.45, 7) is 5.60. The molecular weight excluding hydrogens is 227 g/mol. The molecular formula is C12H18ClFN2. The van der Waals surface area contributed by atoms with Crippen LogP contribution in [-0.2, 0) is 6.54 Å². The Kier molecular flexibility index (Phi) is 6.38. The summed E-state index contributed by atoms with van der Waals surface area (Å²) in [5.41, 5.74) is 0.810. The van der Waals surface area contributed by atoms with E-state index in [1.165, 1.54) is 6.07 Å². The monoisotopic (exact) mass is 244 g/mol. The summed E-state index contributed by atoms with van der Waals surface area (Å²) in [4.78, 5) is 0. The lowest BCUT2D eigenvalue weighted by Crippen LogP contribution is -2.21. The fourth-order valence-corrected chi connectivity index (χ4v) is 1.62. The predicted octanol–water partition coefficient (Wildman–Crippen LogP) is 2.57. The van der Waals surface area contributed by atoms with Crippen molar-refractivity contribution in [3.8, 4) is 0 Å². The normalized spacial score (nSPS) is 10.7. The molecule has 2 nitrogen and oxygen atoms in total. The van der Waals surface area contributed by atoms with Crippen molar-refractivity contribution >= 4 is 11.6 Å². The summed E-state index contributed by atoms with van der Waals surface area (Å²) in [6.07, 6.45) is 1.06. The van der Waals surface area contributed by atoms with Gasteiger partial charge in [0, 0.05) is 6.54 Å². The topological polar surface area (TPSA) is 24.1 Å². The lowest BCUT2D eigenvalue weighted by Gasteiger charge is -2.07. The van der Waals surface area contributed by atoms with E-state index >= 15 is 0 Å². The van der Waals surface area contributed by atoms with Crippen LogP contribution in [-0.4, -0.2) is 19.6 Å². The second-order valence-electron chi connectivity index (χ2n) is 3.60. The molecule has 0 aliphatic rings. The third-order valence-electron chi connectivity index (χ3n) is 2.30. The molecule has 0 aromatic heterocycles. The molecule has 0 heterocycles. The van der Waals surface area contributed by atoms with Crippen LogP contribution in [0.4, 0.5) is 4.39 Å². The lowest BCUT2D eigenvalue weighted by atomic mass is 10.2. The molecule has 0 saturated heterocycles. The Bertz CT molecular complexity index is 318. The summed E-state index contributed by atoms with van der Waals surface area (Å²) in [5.74, 6) is -0.353. The van der Waals surface area contributed by atoms with Crippen molar-refractivity contribution in [2.45, 2.75) is 19.9 Å². The molecule has 0 aliphatic heterocycles. The number of halogens is 2. The first-order valence-corrected chi connectivity index (χ1v) is 5.97. The van der Waals surface area contributed by atoms with Crippen molar-refractivity contribution in [3.05, 3.63) is 34.6 Å². The van der Waals surface area contributed by atoms with Gasteiger partial charge in [0.05, 0.1) is 5.02 Å². The van der Waals surface area contributed by atoms with Gasteiger partial charge in [0.25, 0.3) is 0 Å². The first kappa shape index (κ1) is 13.4. The summed E-state index contributed by atoms with van der Waals surface area (Å²) in [7, 11) is 0. The van der Waals surface area contributed by atoms with E-state index in [1.807, 2.05) is 6.07 Å². The van der Waals surface area contributed by atoms with Crippen molar-refractivity contribution in [1.29, 1.82) is 0 Å². The zero-order valence-electron chi connectivity index (χ0n) is 9.52. The van der Waals surface area contributed by atoms with Gasteiger partial charge in [-0.3, -0.25) is 0 Å². The molecule has 16 heavy (non-hydrogen) atoms. The van der Waals surface area contributed by atoms with Gasteiger partial charge in [-0.2, -0.15) is 0 Å². The minimum absolute atomic E-state index is 0.224. The number of nitrogens with one attached hydrogen (secondary N) is 2. The predicted molar refractivity (Wildman–Crippen MR) is 66.3 cm³/mol. The Morgan fingerprint density at radius 1 is 1.25 bits per heavy atom. The minimum atomic E-state index is -0.353. The van der Waals surface area contributed by atoms with Crippen molar-refractivity contribution in [1.82, 2.24) is 10.6 Å². The number of benzene rings is 1. The molecule has 0 aliphatic carbocycles. The van der Waals surface area contributed by atoms with Gasteiger partial charge in [-0.05, 0) is 37.7 Å². The number of rotatable bonds is 7. The van der Waals surface area contributed by atoms with E-state index in [0.29, 0.717) is 6.54 Å². The molecule has 4 heteroatoms. The fraction of sp³-hybridized carbons (Fsp3) is 0.500. The Balaban J connectivity index is 2.24. The minimum Gasteiger partial charge on any atom is -0.317 e. The molecule has 90 valence electrons. The van der Waals surface area contributed by atoms with Gasteiger partial charge < -0.3 is 10.6 Å². The summed E-state index contributed by atoms with van der Waals surface area (Å²) < 4.78 is 13.1. The highest BCUT2D eigenvalue weighted by molar-refractivity contribution is 6.31. The van der Waals surface area contributed by atoms with E-state index in [2.05, 4.69) is 17.6 Å². The van der Waals surface area contributed by atoms with Gasteiger partial charge in [-0.15, -0.1) is 0 Å². The molecule has 0 spiro atoms. The second kappa shape index (κ2) is 7.60. The lowest BCUT2D eigenvalue weighted by molar-refractivity contribution is 0.599. The van der Waals surface area contributed by atoms with Crippen LogP contribution in [0.15, 0.2) is 18.2 Å². The van der Waals surface area contributed by atoms with Crippen LogP contribution < -0.4 is 10.6 Å². The quantitative estimate of drug-likeness (QED) is 0.721. The molecule has 0 unspecified atom stereocenters. The maximum atomic E-state index is 13.1. The maximum absolute atomic E-state index is 13.1. The van der Waals surface area contributed by atoms with Crippen molar-refractivity contribution in [3.63, 3.8) is 0 Å². The zero-order valence-corrected chi connectivity index (χ0v) is 10.3. The summed E-state index contributed by atoms with van der Waals surface area (Å²) in [6, 6.07) is 4.89. The maximum Gasteiger partial charge on any atom is 0.142 e. The van der Waals surface area contributed by atoms with Crippen LogP contribution in [0.25, 0.3) is 0 Å². The van der Waals surface area contributed by atoms with Gasteiger partial charge in [0.15, 0.2) is 0 Å². The smallest absolute Gasteiger partial charge is 0.142 e. The van der Waals surface area contributed by atoms with Crippen molar-refractivity contribution in [2.75, 3.05) is 19.6 Å². The van der Waals surface area contributed by atoms with Gasteiger partial charge >= 0.3 is 0 Å². The van der Waals surface area contributed by atoms with E-state index < -0.39 is 0 Å². The molecule has 0 radical (unpaired) electrons. The van der Waals surface area contributed by atoms with Crippen LogP contribution in [0.1, 0.15) is 18.9 Å².